The van der Waals surface area contributed by atoms with Crippen LogP contribution in [0.2, 0.25) is 0 Å². The predicted octanol–water partition coefficient (Wildman–Crippen LogP) is 0.445. The zero-order valence-electron chi connectivity index (χ0n) is 13.6. The van der Waals surface area contributed by atoms with E-state index in [0.29, 0.717) is 11.4 Å². The Balaban J connectivity index is 1.90. The molecule has 132 valence electrons. The summed E-state index contributed by atoms with van der Waals surface area (Å²) in [6.07, 6.45) is 1.45. The lowest BCUT2D eigenvalue weighted by Gasteiger charge is -2.29. The van der Waals surface area contributed by atoms with Crippen LogP contribution in [-0.4, -0.2) is 46.7 Å². The summed E-state index contributed by atoms with van der Waals surface area (Å²) in [7, 11) is -2.38. The number of methoxy groups -OCH3 is 1. The van der Waals surface area contributed by atoms with Crippen LogP contribution in [0.15, 0.2) is 17.0 Å². The molecule has 1 aromatic rings. The molecule has 0 bridgehead atoms. The minimum absolute atomic E-state index is 0.00563. The third-order valence-corrected chi connectivity index (χ3v) is 5.68. The van der Waals surface area contributed by atoms with Crippen molar-refractivity contribution in [3.8, 4) is 11.5 Å². The van der Waals surface area contributed by atoms with Crippen LogP contribution in [0.4, 0.5) is 5.69 Å². The fraction of sp³-hybridized carbons (Fsp3) is 0.533. The first-order chi connectivity index (χ1) is 11.4. The van der Waals surface area contributed by atoms with Crippen molar-refractivity contribution in [3.05, 3.63) is 12.1 Å². The van der Waals surface area contributed by atoms with Gasteiger partial charge in [-0.3, -0.25) is 4.79 Å². The molecule has 1 fully saturated rings. The maximum absolute atomic E-state index is 12.8. The van der Waals surface area contributed by atoms with Gasteiger partial charge >= 0.3 is 0 Å². The SMILES string of the molecule is COc1cc2c(cc1S(=O)(=O)NC1CCNC(C)C1)OCC(=O)N2. The summed E-state index contributed by atoms with van der Waals surface area (Å²) in [5.74, 6) is 0.186. The molecule has 1 amide bonds. The second-order valence-electron chi connectivity index (χ2n) is 6.03. The van der Waals surface area contributed by atoms with E-state index in [4.69, 9.17) is 9.47 Å². The van der Waals surface area contributed by atoms with E-state index in [1.807, 2.05) is 6.92 Å². The van der Waals surface area contributed by atoms with Crippen LogP contribution in [0.25, 0.3) is 0 Å². The Labute approximate surface area is 141 Å². The number of rotatable bonds is 4. The molecule has 2 unspecified atom stereocenters. The normalized spacial score (nSPS) is 23.8. The van der Waals surface area contributed by atoms with Crippen LogP contribution in [0, 0.1) is 0 Å². The molecule has 0 radical (unpaired) electrons. The van der Waals surface area contributed by atoms with Crippen molar-refractivity contribution in [1.82, 2.24) is 10.0 Å². The smallest absolute Gasteiger partial charge is 0.262 e. The number of carbonyl (C=O) groups excluding carboxylic acids is 1. The number of sulfonamides is 1. The van der Waals surface area contributed by atoms with Crippen LogP contribution in [0.3, 0.4) is 0 Å². The number of hydrogen-bond acceptors (Lipinski definition) is 6. The highest BCUT2D eigenvalue weighted by atomic mass is 32.2. The van der Waals surface area contributed by atoms with Crippen molar-refractivity contribution in [2.75, 3.05) is 25.6 Å². The average molecular weight is 355 g/mol. The monoisotopic (exact) mass is 355 g/mol. The first-order valence-electron chi connectivity index (χ1n) is 7.79. The molecule has 2 aliphatic rings. The number of piperidine rings is 1. The van der Waals surface area contributed by atoms with Gasteiger partial charge in [0.15, 0.2) is 6.61 Å². The van der Waals surface area contributed by atoms with Crippen LogP contribution >= 0.6 is 0 Å². The Kier molecular flexibility index (Phi) is 4.66. The van der Waals surface area contributed by atoms with Gasteiger partial charge in [-0.15, -0.1) is 0 Å². The Morgan fingerprint density at radius 1 is 1.38 bits per heavy atom. The van der Waals surface area contributed by atoms with Crippen molar-refractivity contribution in [1.29, 1.82) is 0 Å². The summed E-state index contributed by atoms with van der Waals surface area (Å²) in [6.45, 7) is 2.65. The molecule has 3 rings (SSSR count). The molecule has 2 heterocycles. The fourth-order valence-corrected chi connectivity index (χ4v) is 4.43. The van der Waals surface area contributed by atoms with Crippen LogP contribution in [-0.2, 0) is 14.8 Å². The second kappa shape index (κ2) is 6.58. The van der Waals surface area contributed by atoms with Crippen molar-refractivity contribution < 1.29 is 22.7 Å². The summed E-state index contributed by atoms with van der Waals surface area (Å²) in [5.41, 5.74) is 0.400. The second-order valence-corrected chi connectivity index (χ2v) is 7.72. The van der Waals surface area contributed by atoms with Crippen molar-refractivity contribution in [2.24, 2.45) is 0 Å². The van der Waals surface area contributed by atoms with Gasteiger partial charge in [-0.1, -0.05) is 0 Å². The highest BCUT2D eigenvalue weighted by Crippen LogP contribution is 2.37. The molecule has 0 aromatic heterocycles. The van der Waals surface area contributed by atoms with Crippen LogP contribution in [0.1, 0.15) is 19.8 Å². The van der Waals surface area contributed by atoms with E-state index in [1.54, 1.807) is 0 Å². The number of nitrogens with one attached hydrogen (secondary N) is 3. The highest BCUT2D eigenvalue weighted by Gasteiger charge is 2.29. The first kappa shape index (κ1) is 17.0. The van der Waals surface area contributed by atoms with Crippen LogP contribution in [0.5, 0.6) is 11.5 Å². The third kappa shape index (κ3) is 3.47. The summed E-state index contributed by atoms with van der Waals surface area (Å²) >= 11 is 0. The Morgan fingerprint density at radius 2 is 2.17 bits per heavy atom. The van der Waals surface area contributed by atoms with Crippen LogP contribution < -0.4 is 24.8 Å². The average Bonchev–Trinajstić information content (AvgIpc) is 2.53. The number of ether oxygens (including phenoxy) is 2. The lowest BCUT2D eigenvalue weighted by Crippen LogP contribution is -2.46. The van der Waals surface area contributed by atoms with Gasteiger partial charge in [-0.25, -0.2) is 13.1 Å². The van der Waals surface area contributed by atoms with Gasteiger partial charge < -0.3 is 20.1 Å². The molecule has 1 saturated heterocycles. The van der Waals surface area contributed by atoms with Gasteiger partial charge in [0, 0.05) is 24.2 Å². The van der Waals surface area contributed by atoms with E-state index >= 15 is 0 Å². The molecule has 2 atom stereocenters. The lowest BCUT2D eigenvalue weighted by molar-refractivity contribution is -0.118. The fourth-order valence-electron chi connectivity index (χ4n) is 2.98. The molecule has 0 spiro atoms. The largest absolute Gasteiger partial charge is 0.495 e. The molecular formula is C15H21N3O5S. The van der Waals surface area contributed by atoms with Gasteiger partial charge in [0.05, 0.1) is 12.8 Å². The number of hydrogen-bond donors (Lipinski definition) is 3. The van der Waals surface area contributed by atoms with E-state index in [2.05, 4.69) is 15.4 Å². The quantitative estimate of drug-likeness (QED) is 0.724. The van der Waals surface area contributed by atoms with Crippen molar-refractivity contribution in [3.63, 3.8) is 0 Å². The van der Waals surface area contributed by atoms with E-state index < -0.39 is 10.0 Å². The topological polar surface area (TPSA) is 106 Å². The molecule has 3 N–H and O–H groups in total. The zero-order valence-corrected chi connectivity index (χ0v) is 14.4. The summed E-state index contributed by atoms with van der Waals surface area (Å²) < 4.78 is 38.8. The third-order valence-electron chi connectivity index (χ3n) is 4.13. The highest BCUT2D eigenvalue weighted by molar-refractivity contribution is 7.89. The maximum Gasteiger partial charge on any atom is 0.262 e. The molecule has 1 aromatic carbocycles. The van der Waals surface area contributed by atoms with Crippen molar-refractivity contribution >= 4 is 21.6 Å². The Bertz CT molecular complexity index is 750. The lowest BCUT2D eigenvalue weighted by atomic mass is 10.0. The minimum Gasteiger partial charge on any atom is -0.495 e. The van der Waals surface area contributed by atoms with E-state index in [1.165, 1.54) is 19.2 Å². The van der Waals surface area contributed by atoms with Gasteiger partial charge in [0.2, 0.25) is 10.0 Å². The van der Waals surface area contributed by atoms with E-state index in [-0.39, 0.29) is 35.2 Å². The first-order valence-corrected chi connectivity index (χ1v) is 9.28. The molecule has 0 saturated carbocycles. The van der Waals surface area contributed by atoms with E-state index in [0.717, 1.165) is 19.4 Å². The van der Waals surface area contributed by atoms with Gasteiger partial charge in [0.25, 0.3) is 5.91 Å². The summed E-state index contributed by atoms with van der Waals surface area (Å²) in [5, 5.41) is 5.92. The van der Waals surface area contributed by atoms with E-state index in [9.17, 15) is 13.2 Å². The van der Waals surface area contributed by atoms with Crippen molar-refractivity contribution in [2.45, 2.75) is 36.7 Å². The standard InChI is InChI=1S/C15H21N3O5S/c1-9-5-10(3-4-16-9)18-24(20,21)14-7-12-11(6-13(14)22-2)17-15(19)8-23-12/h6-7,9-10,16,18H,3-5,8H2,1-2H3,(H,17,19). The molecule has 8 nitrogen and oxygen atoms in total. The number of anilines is 1. The number of fused-ring (bicyclic) bond motifs is 1. The molecule has 24 heavy (non-hydrogen) atoms. The predicted molar refractivity (Wildman–Crippen MR) is 87.9 cm³/mol. The molecule has 2 aliphatic heterocycles. The zero-order chi connectivity index (χ0) is 17.3. The molecule has 9 heteroatoms. The maximum atomic E-state index is 12.8. The van der Waals surface area contributed by atoms with Gasteiger partial charge in [-0.2, -0.15) is 0 Å². The number of carbonyl (C=O) groups is 1. The number of amides is 1. The molecular weight excluding hydrogens is 334 g/mol. The minimum atomic E-state index is -3.77. The van der Waals surface area contributed by atoms with Gasteiger partial charge in [-0.05, 0) is 26.3 Å². The Morgan fingerprint density at radius 3 is 2.88 bits per heavy atom. The van der Waals surface area contributed by atoms with Gasteiger partial charge in [0.1, 0.15) is 16.4 Å². The molecule has 0 aliphatic carbocycles. The Hall–Kier alpha value is -1.84. The summed E-state index contributed by atoms with van der Waals surface area (Å²) in [4.78, 5) is 11.4. The summed E-state index contributed by atoms with van der Waals surface area (Å²) in [6, 6.07) is 2.98. The number of benzene rings is 1.